The molecule has 1 saturated heterocycles. The van der Waals surface area contributed by atoms with Crippen molar-refractivity contribution in [2.75, 3.05) is 0 Å². The first kappa shape index (κ1) is 14.8. The summed E-state index contributed by atoms with van der Waals surface area (Å²) in [5.74, 6) is 3.31. The molecule has 2 atom stereocenters. The molecule has 1 aliphatic rings. The lowest BCUT2D eigenvalue weighted by atomic mass is 10.1. The smallest absolute Gasteiger partial charge is 0.129 e. The van der Waals surface area contributed by atoms with E-state index >= 15 is 0 Å². The van der Waals surface area contributed by atoms with Gasteiger partial charge in [0.15, 0.2) is 0 Å². The van der Waals surface area contributed by atoms with E-state index in [9.17, 15) is 5.21 Å². The maximum Gasteiger partial charge on any atom is 0.129 e. The normalized spacial score (nSPS) is 25.7. The van der Waals surface area contributed by atoms with Crippen LogP contribution in [0.2, 0.25) is 19.6 Å². The first-order chi connectivity index (χ1) is 7.90. The van der Waals surface area contributed by atoms with Crippen LogP contribution >= 0.6 is 0 Å². The quantitative estimate of drug-likeness (QED) is 0.469. The van der Waals surface area contributed by atoms with Crippen molar-refractivity contribution in [1.82, 2.24) is 5.06 Å². The van der Waals surface area contributed by atoms with Gasteiger partial charge in [-0.25, -0.2) is 0 Å². The summed E-state index contributed by atoms with van der Waals surface area (Å²) in [5.41, 5.74) is 3.40. The molecule has 1 aliphatic heterocycles. The number of nitrogens with zero attached hydrogens (tertiary/aromatic N) is 1. The Bertz CT molecular complexity index is 287. The van der Waals surface area contributed by atoms with E-state index in [-0.39, 0.29) is 0 Å². The molecule has 0 aromatic carbocycles. The lowest BCUT2D eigenvalue weighted by Gasteiger charge is -2.20. The summed E-state index contributed by atoms with van der Waals surface area (Å²) in [5, 5.41) is 11.3. The Labute approximate surface area is 107 Å². The van der Waals surface area contributed by atoms with Gasteiger partial charge >= 0.3 is 0 Å². The van der Waals surface area contributed by atoms with Crippen molar-refractivity contribution >= 4 is 8.07 Å². The van der Waals surface area contributed by atoms with Crippen LogP contribution in [0.25, 0.3) is 0 Å². The van der Waals surface area contributed by atoms with Gasteiger partial charge in [-0.2, -0.15) is 5.06 Å². The molecule has 1 heterocycles. The molecule has 1 rings (SSSR count). The summed E-state index contributed by atoms with van der Waals surface area (Å²) >= 11 is 0. The fourth-order valence-corrected chi connectivity index (χ4v) is 2.91. The van der Waals surface area contributed by atoms with E-state index in [1.54, 1.807) is 5.06 Å². The second-order valence-corrected chi connectivity index (χ2v) is 11.0. The lowest BCUT2D eigenvalue weighted by Crippen LogP contribution is -2.30. The van der Waals surface area contributed by atoms with Crippen LogP contribution in [0.15, 0.2) is 0 Å². The van der Waals surface area contributed by atoms with Crippen LogP contribution in [0, 0.1) is 11.5 Å². The molecule has 1 N–H and O–H groups in total. The van der Waals surface area contributed by atoms with Crippen molar-refractivity contribution in [3.8, 4) is 11.5 Å². The predicted octanol–water partition coefficient (Wildman–Crippen LogP) is 3.67. The van der Waals surface area contributed by atoms with Gasteiger partial charge in [0.25, 0.3) is 0 Å². The highest BCUT2D eigenvalue weighted by Crippen LogP contribution is 2.25. The van der Waals surface area contributed by atoms with Crippen LogP contribution in [0.4, 0.5) is 0 Å². The van der Waals surface area contributed by atoms with Gasteiger partial charge in [-0.05, 0) is 32.6 Å². The van der Waals surface area contributed by atoms with Crippen LogP contribution in [0.5, 0.6) is 0 Å². The van der Waals surface area contributed by atoms with E-state index in [0.717, 1.165) is 25.7 Å². The molecule has 0 radical (unpaired) electrons. The van der Waals surface area contributed by atoms with Crippen molar-refractivity contribution in [2.45, 2.75) is 77.2 Å². The second kappa shape index (κ2) is 6.58. The first-order valence-electron chi connectivity index (χ1n) is 6.87. The summed E-state index contributed by atoms with van der Waals surface area (Å²) in [6, 6.07) is 0.752. The molecule has 2 nitrogen and oxygen atoms in total. The van der Waals surface area contributed by atoms with E-state index in [1.165, 1.54) is 12.8 Å². The number of hydrogen-bond acceptors (Lipinski definition) is 2. The Hall–Kier alpha value is -0.303. The standard InChI is InChI=1S/C14H27NOSi/c1-13-10-11-14(15(13)16)9-7-5-6-8-12-17(2,3)4/h13-14,16H,5-7,9-11H2,1-4H3/t13-,14-/m1/s1. The summed E-state index contributed by atoms with van der Waals surface area (Å²) in [6.45, 7) is 8.94. The van der Waals surface area contributed by atoms with Gasteiger partial charge in [-0.1, -0.05) is 26.1 Å². The molecule has 0 amide bonds. The van der Waals surface area contributed by atoms with Crippen molar-refractivity contribution in [3.05, 3.63) is 0 Å². The van der Waals surface area contributed by atoms with Gasteiger partial charge in [0.05, 0.1) is 0 Å². The molecule has 0 spiro atoms. The molecule has 0 aromatic rings. The van der Waals surface area contributed by atoms with Crippen molar-refractivity contribution in [2.24, 2.45) is 0 Å². The van der Waals surface area contributed by atoms with Crippen molar-refractivity contribution < 1.29 is 5.21 Å². The third-order valence-corrected chi connectivity index (χ3v) is 4.22. The molecule has 0 aromatic heterocycles. The van der Waals surface area contributed by atoms with Crippen LogP contribution in [-0.4, -0.2) is 30.4 Å². The second-order valence-electron chi connectivity index (χ2n) is 6.26. The highest BCUT2D eigenvalue weighted by Gasteiger charge is 2.28. The minimum Gasteiger partial charge on any atom is -0.313 e. The largest absolute Gasteiger partial charge is 0.313 e. The van der Waals surface area contributed by atoms with E-state index in [2.05, 4.69) is 38.0 Å². The zero-order valence-corrected chi connectivity index (χ0v) is 12.8. The minimum atomic E-state index is -1.17. The molecule has 1 fully saturated rings. The number of hydrogen-bond donors (Lipinski definition) is 1. The van der Waals surface area contributed by atoms with E-state index in [4.69, 9.17) is 0 Å². The number of unbranched alkanes of at least 4 members (excludes halogenated alkanes) is 2. The zero-order chi connectivity index (χ0) is 12.9. The third kappa shape index (κ3) is 5.72. The minimum absolute atomic E-state index is 0.353. The molecular formula is C14H27NOSi. The average molecular weight is 253 g/mol. The van der Waals surface area contributed by atoms with Crippen molar-refractivity contribution in [3.63, 3.8) is 0 Å². The third-order valence-electron chi connectivity index (χ3n) is 3.30. The van der Waals surface area contributed by atoms with Crippen LogP contribution in [0.1, 0.15) is 45.4 Å². The van der Waals surface area contributed by atoms with Crippen molar-refractivity contribution in [1.29, 1.82) is 0 Å². The summed E-state index contributed by atoms with van der Waals surface area (Å²) in [4.78, 5) is 0. The molecule has 0 unspecified atom stereocenters. The Balaban J connectivity index is 2.10. The maximum atomic E-state index is 9.78. The number of rotatable bonds is 4. The van der Waals surface area contributed by atoms with Crippen LogP contribution < -0.4 is 0 Å². The van der Waals surface area contributed by atoms with Gasteiger partial charge in [0.2, 0.25) is 0 Å². The van der Waals surface area contributed by atoms with E-state index < -0.39 is 8.07 Å². The molecule has 17 heavy (non-hydrogen) atoms. The highest BCUT2D eigenvalue weighted by atomic mass is 28.3. The number of hydroxylamine groups is 2. The predicted molar refractivity (Wildman–Crippen MR) is 75.7 cm³/mol. The monoisotopic (exact) mass is 253 g/mol. The average Bonchev–Trinajstić information content (AvgIpc) is 2.53. The fourth-order valence-electron chi connectivity index (χ4n) is 2.26. The zero-order valence-electron chi connectivity index (χ0n) is 11.8. The molecular weight excluding hydrogens is 226 g/mol. The van der Waals surface area contributed by atoms with E-state index in [0.29, 0.717) is 12.1 Å². The van der Waals surface area contributed by atoms with Gasteiger partial charge in [0, 0.05) is 18.5 Å². The summed E-state index contributed by atoms with van der Waals surface area (Å²) in [7, 11) is -1.17. The highest BCUT2D eigenvalue weighted by molar-refractivity contribution is 6.83. The van der Waals surface area contributed by atoms with Crippen LogP contribution in [0.3, 0.4) is 0 Å². The molecule has 3 heteroatoms. The molecule has 0 bridgehead atoms. The molecule has 0 saturated carbocycles. The molecule has 98 valence electrons. The Morgan fingerprint density at radius 3 is 2.47 bits per heavy atom. The Kier molecular flexibility index (Phi) is 5.71. The maximum absolute atomic E-state index is 9.78. The fraction of sp³-hybridized carbons (Fsp3) is 0.857. The topological polar surface area (TPSA) is 23.5 Å². The van der Waals surface area contributed by atoms with Crippen LogP contribution in [-0.2, 0) is 0 Å². The first-order valence-corrected chi connectivity index (χ1v) is 10.4. The summed E-state index contributed by atoms with van der Waals surface area (Å²) < 4.78 is 0. The van der Waals surface area contributed by atoms with Gasteiger partial charge in [-0.15, -0.1) is 11.5 Å². The van der Waals surface area contributed by atoms with Gasteiger partial charge in [0.1, 0.15) is 8.07 Å². The molecule has 0 aliphatic carbocycles. The SMILES string of the molecule is C[C@@H]1CC[C@@H](CCCCC#C[Si](C)(C)C)N1O. The Morgan fingerprint density at radius 2 is 1.94 bits per heavy atom. The van der Waals surface area contributed by atoms with E-state index in [1.807, 2.05) is 0 Å². The lowest BCUT2D eigenvalue weighted by molar-refractivity contribution is -0.130. The summed E-state index contributed by atoms with van der Waals surface area (Å²) in [6.07, 6.45) is 6.80. The Morgan fingerprint density at radius 1 is 1.24 bits per heavy atom. The van der Waals surface area contributed by atoms with Gasteiger partial charge < -0.3 is 5.21 Å². The van der Waals surface area contributed by atoms with Gasteiger partial charge in [-0.3, -0.25) is 0 Å².